The van der Waals surface area contributed by atoms with E-state index in [9.17, 15) is 5.11 Å². The Labute approximate surface area is 97.2 Å². The molecule has 4 heteroatoms. The van der Waals surface area contributed by atoms with E-state index in [1.165, 1.54) is 19.3 Å². The van der Waals surface area contributed by atoms with Crippen LogP contribution in [0.15, 0.2) is 0 Å². The van der Waals surface area contributed by atoms with Crippen LogP contribution in [0.5, 0.6) is 0 Å². The highest BCUT2D eigenvalue weighted by atomic mass is 32.2. The van der Waals surface area contributed by atoms with Crippen LogP contribution in [-0.4, -0.2) is 61.0 Å². The zero-order valence-electron chi connectivity index (χ0n) is 9.98. The second-order valence-electron chi connectivity index (χ2n) is 4.32. The highest BCUT2D eigenvalue weighted by Crippen LogP contribution is 2.31. The third-order valence-corrected chi connectivity index (χ3v) is 4.30. The molecule has 0 aromatic heterocycles. The summed E-state index contributed by atoms with van der Waals surface area (Å²) in [4.78, 5) is 2.29. The van der Waals surface area contributed by atoms with Crippen molar-refractivity contribution < 1.29 is 9.84 Å². The second kappa shape index (κ2) is 6.74. The number of rotatable bonds is 6. The predicted octanol–water partition coefficient (Wildman–Crippen LogP) is 1.21. The molecule has 1 aliphatic carbocycles. The average molecular weight is 233 g/mol. The Bertz CT molecular complexity index is 180. The van der Waals surface area contributed by atoms with Crippen LogP contribution >= 0.6 is 11.8 Å². The van der Waals surface area contributed by atoms with E-state index in [1.54, 1.807) is 7.11 Å². The van der Waals surface area contributed by atoms with Gasteiger partial charge in [-0.15, -0.1) is 0 Å². The average Bonchev–Trinajstić information content (AvgIpc) is 2.65. The molecule has 0 radical (unpaired) electrons. The lowest BCUT2D eigenvalue weighted by molar-refractivity contribution is 0.0353. The van der Waals surface area contributed by atoms with E-state index in [0.29, 0.717) is 12.6 Å². The van der Waals surface area contributed by atoms with Gasteiger partial charge in [-0.25, -0.2) is 0 Å². The van der Waals surface area contributed by atoms with E-state index in [2.05, 4.69) is 18.2 Å². The molecule has 1 N–H and O–H groups in total. The van der Waals surface area contributed by atoms with Gasteiger partial charge >= 0.3 is 0 Å². The number of likely N-dealkylation sites (N-methyl/N-ethyl adjacent to an activating group) is 1. The number of ether oxygens (including phenoxy) is 1. The third-order valence-electron chi connectivity index (χ3n) is 3.14. The van der Waals surface area contributed by atoms with Crippen molar-refractivity contribution in [2.75, 3.05) is 33.6 Å². The Kier molecular flexibility index (Phi) is 5.97. The zero-order valence-corrected chi connectivity index (χ0v) is 10.8. The molecule has 3 nitrogen and oxygen atoms in total. The van der Waals surface area contributed by atoms with Crippen LogP contribution in [-0.2, 0) is 4.74 Å². The number of methoxy groups -OCH3 is 1. The number of hydrogen-bond donors (Lipinski definition) is 1. The lowest BCUT2D eigenvalue weighted by Gasteiger charge is -2.30. The first kappa shape index (κ1) is 13.3. The predicted molar refractivity (Wildman–Crippen MR) is 65.5 cm³/mol. The Hall–Kier alpha value is 0.230. The van der Waals surface area contributed by atoms with Crippen LogP contribution in [0, 0.1) is 0 Å². The van der Waals surface area contributed by atoms with Crippen LogP contribution in [0.2, 0.25) is 0 Å². The standard InChI is InChI=1S/C11H23NO2S/c1-12(7-9(13)8-14-2)10-5-4-6-11(10)15-3/h9-11,13H,4-8H2,1-3H3/t9-,10+,11+/m1/s1. The van der Waals surface area contributed by atoms with E-state index >= 15 is 0 Å². The Morgan fingerprint density at radius 3 is 2.87 bits per heavy atom. The van der Waals surface area contributed by atoms with Crippen LogP contribution < -0.4 is 0 Å². The quantitative estimate of drug-likeness (QED) is 0.747. The molecule has 0 unspecified atom stereocenters. The molecule has 1 saturated carbocycles. The molecule has 0 amide bonds. The van der Waals surface area contributed by atoms with Crippen molar-refractivity contribution >= 4 is 11.8 Å². The van der Waals surface area contributed by atoms with E-state index in [0.717, 1.165) is 11.8 Å². The topological polar surface area (TPSA) is 32.7 Å². The summed E-state index contributed by atoms with van der Waals surface area (Å²) in [6, 6.07) is 0.631. The highest BCUT2D eigenvalue weighted by molar-refractivity contribution is 7.99. The summed E-state index contributed by atoms with van der Waals surface area (Å²) >= 11 is 1.95. The van der Waals surface area contributed by atoms with E-state index < -0.39 is 0 Å². The molecule has 90 valence electrons. The number of hydrogen-bond acceptors (Lipinski definition) is 4. The normalized spacial score (nSPS) is 28.6. The highest BCUT2D eigenvalue weighted by Gasteiger charge is 2.30. The Balaban J connectivity index is 2.35. The van der Waals surface area contributed by atoms with Crippen LogP contribution in [0.4, 0.5) is 0 Å². The second-order valence-corrected chi connectivity index (χ2v) is 5.40. The molecule has 3 atom stereocenters. The first-order valence-electron chi connectivity index (χ1n) is 5.59. The van der Waals surface area contributed by atoms with Crippen molar-refractivity contribution in [2.45, 2.75) is 36.7 Å². The molecular formula is C11H23NO2S. The molecule has 15 heavy (non-hydrogen) atoms. The number of aliphatic hydroxyl groups is 1. The summed E-state index contributed by atoms with van der Waals surface area (Å²) in [6.45, 7) is 1.15. The van der Waals surface area contributed by atoms with Gasteiger partial charge in [0.25, 0.3) is 0 Å². The van der Waals surface area contributed by atoms with Gasteiger partial charge in [-0.05, 0) is 26.1 Å². The molecule has 0 aromatic carbocycles. The van der Waals surface area contributed by atoms with Crippen LogP contribution in [0.1, 0.15) is 19.3 Å². The summed E-state index contributed by atoms with van der Waals surface area (Å²) in [5, 5.41) is 10.4. The van der Waals surface area contributed by atoms with Crippen molar-refractivity contribution in [1.29, 1.82) is 0 Å². The summed E-state index contributed by atoms with van der Waals surface area (Å²) in [6.07, 6.45) is 5.73. The van der Waals surface area contributed by atoms with Gasteiger partial charge < -0.3 is 9.84 Å². The third kappa shape index (κ3) is 3.94. The van der Waals surface area contributed by atoms with Crippen molar-refractivity contribution in [1.82, 2.24) is 4.90 Å². The van der Waals surface area contributed by atoms with Gasteiger partial charge in [-0.1, -0.05) is 6.42 Å². The SMILES string of the molecule is COC[C@H](O)CN(C)[C@H]1CCC[C@@H]1SC. The molecular weight excluding hydrogens is 210 g/mol. The minimum absolute atomic E-state index is 0.358. The van der Waals surface area contributed by atoms with Crippen molar-refractivity contribution in [3.05, 3.63) is 0 Å². The number of nitrogens with zero attached hydrogens (tertiary/aromatic N) is 1. The maximum Gasteiger partial charge on any atom is 0.0900 e. The molecule has 0 saturated heterocycles. The smallest absolute Gasteiger partial charge is 0.0900 e. The molecule has 1 aliphatic rings. The summed E-state index contributed by atoms with van der Waals surface area (Å²) < 4.78 is 4.94. The maximum atomic E-state index is 9.67. The minimum Gasteiger partial charge on any atom is -0.389 e. The zero-order chi connectivity index (χ0) is 11.3. The first-order valence-corrected chi connectivity index (χ1v) is 6.87. The molecule has 1 fully saturated rings. The van der Waals surface area contributed by atoms with Crippen LogP contribution in [0.3, 0.4) is 0 Å². The largest absolute Gasteiger partial charge is 0.389 e. The molecule has 0 aromatic rings. The minimum atomic E-state index is -0.358. The van der Waals surface area contributed by atoms with Crippen molar-refractivity contribution in [3.63, 3.8) is 0 Å². The fourth-order valence-corrected chi connectivity index (χ4v) is 3.46. The fraction of sp³-hybridized carbons (Fsp3) is 1.00. The molecule has 0 bridgehead atoms. The summed E-state index contributed by atoms with van der Waals surface area (Å²) in [7, 11) is 3.74. The monoisotopic (exact) mass is 233 g/mol. The Morgan fingerprint density at radius 1 is 1.53 bits per heavy atom. The van der Waals surface area contributed by atoms with Gasteiger partial charge in [-0.3, -0.25) is 4.90 Å². The van der Waals surface area contributed by atoms with E-state index in [1.807, 2.05) is 11.8 Å². The first-order chi connectivity index (χ1) is 7.19. The van der Waals surface area contributed by atoms with E-state index in [-0.39, 0.29) is 6.10 Å². The van der Waals surface area contributed by atoms with Gasteiger partial charge in [0.05, 0.1) is 12.7 Å². The van der Waals surface area contributed by atoms with Gasteiger partial charge in [0.2, 0.25) is 0 Å². The fourth-order valence-electron chi connectivity index (χ4n) is 2.40. The van der Waals surface area contributed by atoms with Gasteiger partial charge in [0, 0.05) is 24.9 Å². The maximum absolute atomic E-state index is 9.67. The number of thioether (sulfide) groups is 1. The molecule has 1 rings (SSSR count). The number of aliphatic hydroxyl groups excluding tert-OH is 1. The molecule has 0 aliphatic heterocycles. The summed E-state index contributed by atoms with van der Waals surface area (Å²) in [5.74, 6) is 0. The molecule has 0 spiro atoms. The van der Waals surface area contributed by atoms with E-state index in [4.69, 9.17) is 4.74 Å². The van der Waals surface area contributed by atoms with Gasteiger partial charge in [0.1, 0.15) is 0 Å². The summed E-state index contributed by atoms with van der Waals surface area (Å²) in [5.41, 5.74) is 0. The lowest BCUT2D eigenvalue weighted by Crippen LogP contribution is -2.41. The van der Waals surface area contributed by atoms with Gasteiger partial charge in [-0.2, -0.15) is 11.8 Å². The van der Waals surface area contributed by atoms with Crippen LogP contribution in [0.25, 0.3) is 0 Å². The van der Waals surface area contributed by atoms with Crippen molar-refractivity contribution in [3.8, 4) is 0 Å². The lowest BCUT2D eigenvalue weighted by atomic mass is 10.2. The Morgan fingerprint density at radius 2 is 2.27 bits per heavy atom. The molecule has 0 heterocycles. The van der Waals surface area contributed by atoms with Gasteiger partial charge in [0.15, 0.2) is 0 Å². The van der Waals surface area contributed by atoms with Crippen molar-refractivity contribution in [2.24, 2.45) is 0 Å².